The van der Waals surface area contributed by atoms with E-state index in [9.17, 15) is 5.11 Å². The zero-order valence-electron chi connectivity index (χ0n) is 9.98. The topological polar surface area (TPSA) is 38.0 Å². The highest BCUT2D eigenvalue weighted by atomic mass is 35.5. The first-order valence-electron chi connectivity index (χ1n) is 5.67. The molecule has 2 rings (SSSR count). The summed E-state index contributed by atoms with van der Waals surface area (Å²) >= 11 is 12.1. The fourth-order valence-corrected chi connectivity index (χ4v) is 2.53. The summed E-state index contributed by atoms with van der Waals surface area (Å²) in [6, 6.07) is 5.22. The van der Waals surface area contributed by atoms with Gasteiger partial charge in [0.25, 0.3) is 0 Å². The largest absolute Gasteiger partial charge is 0.388 e. The van der Waals surface area contributed by atoms with E-state index in [2.05, 4.69) is 4.98 Å². The second kappa shape index (κ2) is 5.74. The molecule has 5 heteroatoms. The molecule has 3 nitrogen and oxygen atoms in total. The lowest BCUT2D eigenvalue weighted by molar-refractivity contribution is 0.167. The highest BCUT2D eigenvalue weighted by Crippen LogP contribution is 2.32. The number of aliphatic hydroxyl groups is 1. The van der Waals surface area contributed by atoms with Gasteiger partial charge >= 0.3 is 0 Å². The third-order valence-corrected chi connectivity index (χ3v) is 3.55. The fraction of sp³-hybridized carbons (Fsp3) is 0.308. The molecular weight excluding hydrogens is 271 g/mol. The maximum absolute atomic E-state index is 10.2. The molecule has 1 N–H and O–H groups in total. The smallest absolute Gasteiger partial charge is 0.108 e. The minimum atomic E-state index is -0.678. The average Bonchev–Trinajstić information content (AvgIpc) is 2.72. The Labute approximate surface area is 116 Å². The van der Waals surface area contributed by atoms with E-state index >= 15 is 0 Å². The zero-order chi connectivity index (χ0) is 13.1. The van der Waals surface area contributed by atoms with Gasteiger partial charge in [-0.05, 0) is 18.6 Å². The van der Waals surface area contributed by atoms with E-state index in [4.69, 9.17) is 23.2 Å². The predicted molar refractivity (Wildman–Crippen MR) is 73.0 cm³/mol. The minimum Gasteiger partial charge on any atom is -0.388 e. The van der Waals surface area contributed by atoms with Crippen LogP contribution < -0.4 is 0 Å². The molecule has 0 radical (unpaired) electrons. The standard InChI is InChI=1S/C13H14Cl2N2O/c1-17-8-7-16-12(17)6-5-11(18)13-9(14)3-2-4-10(13)15/h2-4,7-8,11,18H,5-6H2,1H3. The second-order valence-electron chi connectivity index (χ2n) is 4.14. The fourth-order valence-electron chi connectivity index (χ4n) is 1.88. The summed E-state index contributed by atoms with van der Waals surface area (Å²) in [6.45, 7) is 0. The van der Waals surface area contributed by atoms with Gasteiger partial charge in [0.05, 0.1) is 6.10 Å². The van der Waals surface area contributed by atoms with Gasteiger partial charge < -0.3 is 9.67 Å². The van der Waals surface area contributed by atoms with E-state index < -0.39 is 6.10 Å². The predicted octanol–water partition coefficient (Wildman–Crippen LogP) is 3.39. The van der Waals surface area contributed by atoms with Crippen LogP contribution in [-0.4, -0.2) is 14.7 Å². The van der Waals surface area contributed by atoms with Crippen LogP contribution in [0.2, 0.25) is 10.0 Å². The van der Waals surface area contributed by atoms with Gasteiger partial charge in [-0.25, -0.2) is 4.98 Å². The van der Waals surface area contributed by atoms with E-state index in [1.54, 1.807) is 24.4 Å². The minimum absolute atomic E-state index is 0.495. The van der Waals surface area contributed by atoms with Gasteiger partial charge in [0.2, 0.25) is 0 Å². The first-order valence-corrected chi connectivity index (χ1v) is 6.43. The lowest BCUT2D eigenvalue weighted by atomic mass is 10.0. The molecule has 0 aliphatic carbocycles. The number of benzene rings is 1. The van der Waals surface area contributed by atoms with Gasteiger partial charge in [-0.1, -0.05) is 29.3 Å². The van der Waals surface area contributed by atoms with Crippen molar-refractivity contribution >= 4 is 23.2 Å². The molecule has 1 aromatic carbocycles. The average molecular weight is 285 g/mol. The van der Waals surface area contributed by atoms with Crippen LogP contribution in [0.3, 0.4) is 0 Å². The number of aromatic nitrogens is 2. The van der Waals surface area contributed by atoms with Crippen molar-refractivity contribution in [2.45, 2.75) is 18.9 Å². The first kappa shape index (κ1) is 13.4. The summed E-state index contributed by atoms with van der Waals surface area (Å²) < 4.78 is 1.93. The molecule has 1 atom stereocenters. The number of hydrogen-bond donors (Lipinski definition) is 1. The third kappa shape index (κ3) is 2.86. The number of hydrogen-bond acceptors (Lipinski definition) is 2. The molecule has 1 aromatic heterocycles. The summed E-state index contributed by atoms with van der Waals surface area (Å²) in [6.07, 6.45) is 4.15. The quantitative estimate of drug-likeness (QED) is 0.935. The third-order valence-electron chi connectivity index (χ3n) is 2.90. The van der Waals surface area contributed by atoms with Crippen molar-refractivity contribution in [3.05, 3.63) is 52.0 Å². The molecule has 0 spiro atoms. The molecule has 1 heterocycles. The van der Waals surface area contributed by atoms with E-state index in [1.165, 1.54) is 0 Å². The zero-order valence-corrected chi connectivity index (χ0v) is 11.5. The molecule has 96 valence electrons. The van der Waals surface area contributed by atoms with Crippen LogP contribution in [0.15, 0.2) is 30.6 Å². The lowest BCUT2D eigenvalue weighted by Crippen LogP contribution is -2.04. The molecule has 0 bridgehead atoms. The van der Waals surface area contributed by atoms with Gasteiger partial charge in [-0.15, -0.1) is 0 Å². The number of halogens is 2. The summed E-state index contributed by atoms with van der Waals surface area (Å²) in [5, 5.41) is 11.2. The second-order valence-corrected chi connectivity index (χ2v) is 4.96. The normalized spacial score (nSPS) is 12.7. The monoisotopic (exact) mass is 284 g/mol. The number of imidazole rings is 1. The maximum Gasteiger partial charge on any atom is 0.108 e. The SMILES string of the molecule is Cn1ccnc1CCC(O)c1c(Cl)cccc1Cl. The summed E-state index contributed by atoms with van der Waals surface area (Å²) in [5.74, 6) is 0.928. The van der Waals surface area contributed by atoms with E-state index in [-0.39, 0.29) is 0 Å². The number of aryl methyl sites for hydroxylation is 2. The highest BCUT2D eigenvalue weighted by Gasteiger charge is 2.16. The molecule has 0 fully saturated rings. The van der Waals surface area contributed by atoms with Crippen molar-refractivity contribution in [1.82, 2.24) is 9.55 Å². The van der Waals surface area contributed by atoms with Crippen LogP contribution in [0.1, 0.15) is 23.9 Å². The Morgan fingerprint density at radius 1 is 1.33 bits per heavy atom. The molecule has 0 aliphatic rings. The molecule has 1 unspecified atom stereocenters. The van der Waals surface area contributed by atoms with E-state index in [1.807, 2.05) is 17.8 Å². The van der Waals surface area contributed by atoms with Crippen molar-refractivity contribution in [3.63, 3.8) is 0 Å². The van der Waals surface area contributed by atoms with Crippen LogP contribution in [0.5, 0.6) is 0 Å². The summed E-state index contributed by atoms with van der Waals surface area (Å²) in [7, 11) is 1.93. The number of rotatable bonds is 4. The van der Waals surface area contributed by atoms with Gasteiger partial charge in [0.1, 0.15) is 5.82 Å². The van der Waals surface area contributed by atoms with Crippen LogP contribution in [0, 0.1) is 0 Å². The maximum atomic E-state index is 10.2. The molecule has 0 amide bonds. The van der Waals surface area contributed by atoms with Crippen molar-refractivity contribution < 1.29 is 5.11 Å². The van der Waals surface area contributed by atoms with Crippen molar-refractivity contribution in [2.24, 2.45) is 7.05 Å². The van der Waals surface area contributed by atoms with Gasteiger partial charge in [-0.3, -0.25) is 0 Å². The van der Waals surface area contributed by atoms with Crippen LogP contribution in [0.25, 0.3) is 0 Å². The molecule has 2 aromatic rings. The molecule has 0 aliphatic heterocycles. The molecule has 0 saturated carbocycles. The van der Waals surface area contributed by atoms with Crippen molar-refractivity contribution in [3.8, 4) is 0 Å². The Bertz CT molecular complexity index is 519. The Balaban J connectivity index is 2.08. The lowest BCUT2D eigenvalue weighted by Gasteiger charge is -2.14. The van der Waals surface area contributed by atoms with E-state index in [0.29, 0.717) is 28.5 Å². The van der Waals surface area contributed by atoms with E-state index in [0.717, 1.165) is 5.82 Å². The summed E-state index contributed by atoms with van der Waals surface area (Å²) in [5.41, 5.74) is 0.593. The van der Waals surface area contributed by atoms with Gasteiger partial charge in [-0.2, -0.15) is 0 Å². The highest BCUT2D eigenvalue weighted by molar-refractivity contribution is 6.36. The Hall–Kier alpha value is -1.03. The number of nitrogens with zero attached hydrogens (tertiary/aromatic N) is 2. The van der Waals surface area contributed by atoms with Gasteiger partial charge in [0, 0.05) is 41.5 Å². The number of aliphatic hydroxyl groups excluding tert-OH is 1. The van der Waals surface area contributed by atoms with Crippen molar-refractivity contribution in [2.75, 3.05) is 0 Å². The Morgan fingerprint density at radius 2 is 2.00 bits per heavy atom. The van der Waals surface area contributed by atoms with Crippen LogP contribution in [0.4, 0.5) is 0 Å². The Morgan fingerprint density at radius 3 is 2.56 bits per heavy atom. The molecular formula is C13H14Cl2N2O. The summed E-state index contributed by atoms with van der Waals surface area (Å²) in [4.78, 5) is 4.21. The molecule has 0 saturated heterocycles. The van der Waals surface area contributed by atoms with Crippen LogP contribution >= 0.6 is 23.2 Å². The first-order chi connectivity index (χ1) is 8.59. The molecule has 18 heavy (non-hydrogen) atoms. The Kier molecular flexibility index (Phi) is 4.27. The van der Waals surface area contributed by atoms with Gasteiger partial charge in [0.15, 0.2) is 0 Å². The van der Waals surface area contributed by atoms with Crippen LogP contribution in [-0.2, 0) is 13.5 Å². The van der Waals surface area contributed by atoms with Crippen molar-refractivity contribution in [1.29, 1.82) is 0 Å².